The first-order valence-corrected chi connectivity index (χ1v) is 5.52. The molecule has 0 spiro atoms. The van der Waals surface area contributed by atoms with Crippen LogP contribution in [0, 0.1) is 0 Å². The van der Waals surface area contributed by atoms with Crippen molar-refractivity contribution >= 4 is 33.5 Å². The second-order valence-corrected chi connectivity index (χ2v) is 4.03. The van der Waals surface area contributed by atoms with E-state index in [1.54, 1.807) is 0 Å². The molecular weight excluding hydrogens is 307 g/mol. The van der Waals surface area contributed by atoms with Gasteiger partial charge in [-0.3, -0.25) is 9.78 Å². The molecule has 0 aromatic carbocycles. The Morgan fingerprint density at radius 2 is 2.25 bits per heavy atom. The van der Waals surface area contributed by atoms with Crippen LogP contribution in [0.2, 0.25) is 0 Å². The Hall–Kier alpha value is -0.750. The maximum atomic E-state index is 12.5. The van der Waals surface area contributed by atoms with Gasteiger partial charge in [-0.15, -0.1) is 11.6 Å². The summed E-state index contributed by atoms with van der Waals surface area (Å²) in [5.74, 6) is -1.09. The number of aliphatic carboxylic acids is 1. The summed E-state index contributed by atoms with van der Waals surface area (Å²) >= 11 is 8.52. The molecule has 0 aliphatic carbocycles. The number of nitrogens with zero attached hydrogens (tertiary/aromatic N) is 1. The number of halogens is 4. The van der Waals surface area contributed by atoms with E-state index in [0.717, 1.165) is 0 Å². The van der Waals surface area contributed by atoms with Crippen LogP contribution >= 0.6 is 27.5 Å². The fraction of sp³-hybridized carbons (Fsp3) is 0.333. The summed E-state index contributed by atoms with van der Waals surface area (Å²) in [6.07, 6.45) is -1.95. The Kier molecular flexibility index (Phi) is 4.61. The molecule has 1 aromatic rings. The lowest BCUT2D eigenvalue weighted by Crippen LogP contribution is -2.07. The first kappa shape index (κ1) is 13.3. The molecule has 0 saturated carbocycles. The normalized spacial score (nSPS) is 10.8. The average Bonchev–Trinajstić information content (AvgIpc) is 2.19. The van der Waals surface area contributed by atoms with Crippen molar-refractivity contribution in [2.75, 3.05) is 0 Å². The van der Waals surface area contributed by atoms with Gasteiger partial charge in [-0.05, 0) is 27.1 Å². The molecule has 0 amide bonds. The third-order valence-corrected chi connectivity index (χ3v) is 3.09. The summed E-state index contributed by atoms with van der Waals surface area (Å²) in [7, 11) is 0. The first-order chi connectivity index (χ1) is 7.47. The zero-order chi connectivity index (χ0) is 12.3. The van der Waals surface area contributed by atoms with E-state index in [0.29, 0.717) is 5.56 Å². The van der Waals surface area contributed by atoms with E-state index >= 15 is 0 Å². The summed E-state index contributed by atoms with van der Waals surface area (Å²) in [6.45, 7) is 0. The lowest BCUT2D eigenvalue weighted by Gasteiger charge is -2.10. The SMILES string of the molecule is O=C(O)Cc1c(CCl)cnc(C(F)F)c1Br. The second kappa shape index (κ2) is 5.54. The van der Waals surface area contributed by atoms with Crippen LogP contribution in [0.25, 0.3) is 0 Å². The molecule has 16 heavy (non-hydrogen) atoms. The van der Waals surface area contributed by atoms with Crippen LogP contribution in [0.3, 0.4) is 0 Å². The molecule has 0 radical (unpaired) electrons. The highest BCUT2D eigenvalue weighted by Crippen LogP contribution is 2.31. The third kappa shape index (κ3) is 2.89. The quantitative estimate of drug-likeness (QED) is 0.869. The number of carbonyl (C=O) groups is 1. The van der Waals surface area contributed by atoms with Gasteiger partial charge in [0.05, 0.1) is 6.42 Å². The standard InChI is InChI=1S/C9H7BrClF2NO2/c10-7-5(1-6(15)16)4(2-11)3-14-8(7)9(12)13/h3,9H,1-2H2,(H,15,16). The Balaban J connectivity index is 3.28. The van der Waals surface area contributed by atoms with Crippen LogP contribution in [-0.4, -0.2) is 16.1 Å². The van der Waals surface area contributed by atoms with E-state index in [1.807, 2.05) is 0 Å². The van der Waals surface area contributed by atoms with Gasteiger partial charge in [-0.2, -0.15) is 0 Å². The maximum absolute atomic E-state index is 12.5. The van der Waals surface area contributed by atoms with Gasteiger partial charge in [-0.1, -0.05) is 0 Å². The number of pyridine rings is 1. The number of carboxylic acid groups (broad SMARTS) is 1. The summed E-state index contributed by atoms with van der Waals surface area (Å²) in [4.78, 5) is 14.1. The molecule has 1 rings (SSSR count). The molecule has 1 heterocycles. The molecule has 7 heteroatoms. The molecule has 0 atom stereocenters. The van der Waals surface area contributed by atoms with Crippen LogP contribution < -0.4 is 0 Å². The van der Waals surface area contributed by atoms with Crippen LogP contribution in [-0.2, 0) is 17.1 Å². The van der Waals surface area contributed by atoms with Gasteiger partial charge in [0.2, 0.25) is 0 Å². The van der Waals surface area contributed by atoms with Crippen molar-refractivity contribution in [2.24, 2.45) is 0 Å². The molecule has 0 saturated heterocycles. The van der Waals surface area contributed by atoms with E-state index in [9.17, 15) is 13.6 Å². The van der Waals surface area contributed by atoms with Gasteiger partial charge in [-0.25, -0.2) is 8.78 Å². The molecule has 0 aliphatic rings. The number of alkyl halides is 3. The monoisotopic (exact) mass is 313 g/mol. The molecular formula is C9H7BrClF2NO2. The highest BCUT2D eigenvalue weighted by Gasteiger charge is 2.20. The Bertz CT molecular complexity index is 415. The fourth-order valence-corrected chi connectivity index (χ4v) is 2.09. The Morgan fingerprint density at radius 3 is 2.69 bits per heavy atom. The zero-order valence-corrected chi connectivity index (χ0v) is 10.2. The van der Waals surface area contributed by atoms with Crippen molar-refractivity contribution in [3.05, 3.63) is 27.5 Å². The van der Waals surface area contributed by atoms with Gasteiger partial charge < -0.3 is 5.11 Å². The fourth-order valence-electron chi connectivity index (χ4n) is 1.19. The lowest BCUT2D eigenvalue weighted by molar-refractivity contribution is -0.136. The number of hydrogen-bond acceptors (Lipinski definition) is 2. The molecule has 1 aromatic heterocycles. The smallest absolute Gasteiger partial charge is 0.307 e. The molecule has 0 aliphatic heterocycles. The van der Waals surface area contributed by atoms with Crippen LogP contribution in [0.5, 0.6) is 0 Å². The number of carboxylic acids is 1. The van der Waals surface area contributed by atoms with Crippen molar-refractivity contribution in [2.45, 2.75) is 18.7 Å². The third-order valence-electron chi connectivity index (χ3n) is 1.92. The molecule has 88 valence electrons. The van der Waals surface area contributed by atoms with Crippen LogP contribution in [0.15, 0.2) is 10.7 Å². The van der Waals surface area contributed by atoms with E-state index in [-0.39, 0.29) is 22.3 Å². The van der Waals surface area contributed by atoms with Gasteiger partial charge in [0, 0.05) is 16.5 Å². The summed E-state index contributed by atoms with van der Waals surface area (Å²) in [5, 5.41) is 8.67. The molecule has 0 bridgehead atoms. The van der Waals surface area contributed by atoms with Crippen molar-refractivity contribution in [1.29, 1.82) is 0 Å². The second-order valence-electron chi connectivity index (χ2n) is 2.97. The van der Waals surface area contributed by atoms with E-state index < -0.39 is 18.1 Å². The minimum absolute atomic E-state index is 0.0167. The maximum Gasteiger partial charge on any atom is 0.307 e. The number of hydrogen-bond donors (Lipinski definition) is 1. The van der Waals surface area contributed by atoms with Gasteiger partial charge >= 0.3 is 5.97 Å². The Morgan fingerprint density at radius 1 is 1.62 bits per heavy atom. The Labute approximate surface area is 104 Å². The van der Waals surface area contributed by atoms with Crippen molar-refractivity contribution in [3.8, 4) is 0 Å². The summed E-state index contributed by atoms with van der Waals surface area (Å²) in [5.41, 5.74) is 0.207. The molecule has 0 fully saturated rings. The van der Waals surface area contributed by atoms with Gasteiger partial charge in [0.1, 0.15) is 5.69 Å². The van der Waals surface area contributed by atoms with Crippen molar-refractivity contribution < 1.29 is 18.7 Å². The minimum Gasteiger partial charge on any atom is -0.481 e. The van der Waals surface area contributed by atoms with Gasteiger partial charge in [0.25, 0.3) is 6.43 Å². The van der Waals surface area contributed by atoms with Crippen LogP contribution in [0.1, 0.15) is 23.2 Å². The topological polar surface area (TPSA) is 50.2 Å². The highest BCUT2D eigenvalue weighted by molar-refractivity contribution is 9.10. The highest BCUT2D eigenvalue weighted by atomic mass is 79.9. The lowest BCUT2D eigenvalue weighted by atomic mass is 10.1. The zero-order valence-electron chi connectivity index (χ0n) is 7.88. The van der Waals surface area contributed by atoms with Crippen molar-refractivity contribution in [3.63, 3.8) is 0 Å². The van der Waals surface area contributed by atoms with Gasteiger partial charge in [0.15, 0.2) is 0 Å². The van der Waals surface area contributed by atoms with Crippen molar-refractivity contribution in [1.82, 2.24) is 4.98 Å². The average molecular weight is 315 g/mol. The molecule has 0 unspecified atom stereocenters. The first-order valence-electron chi connectivity index (χ1n) is 4.19. The number of rotatable bonds is 4. The minimum atomic E-state index is -2.76. The number of aromatic nitrogens is 1. The predicted molar refractivity (Wildman–Crippen MR) is 57.8 cm³/mol. The van der Waals surface area contributed by atoms with E-state index in [2.05, 4.69) is 20.9 Å². The van der Waals surface area contributed by atoms with Crippen LogP contribution in [0.4, 0.5) is 8.78 Å². The molecule has 1 N–H and O–H groups in total. The van der Waals surface area contributed by atoms with E-state index in [4.69, 9.17) is 16.7 Å². The summed E-state index contributed by atoms with van der Waals surface area (Å²) in [6, 6.07) is 0. The summed E-state index contributed by atoms with van der Waals surface area (Å²) < 4.78 is 25.0. The van der Waals surface area contributed by atoms with E-state index in [1.165, 1.54) is 6.20 Å². The largest absolute Gasteiger partial charge is 0.481 e. The predicted octanol–water partition coefficient (Wildman–Crippen LogP) is 3.15. The molecule has 3 nitrogen and oxygen atoms in total.